The molecule has 122 valence electrons. The fourth-order valence-corrected chi connectivity index (χ4v) is 4.80. The Balaban J connectivity index is 1.90. The van der Waals surface area contributed by atoms with E-state index in [1.807, 2.05) is 34.9 Å². The Labute approximate surface area is 142 Å². The first kappa shape index (κ1) is 15.1. The van der Waals surface area contributed by atoms with Crippen molar-refractivity contribution in [1.29, 1.82) is 5.26 Å². The number of benzene rings is 1. The molecule has 1 fully saturated rings. The molecule has 24 heavy (non-hydrogen) atoms. The van der Waals surface area contributed by atoms with Crippen molar-refractivity contribution < 1.29 is 4.79 Å². The zero-order chi connectivity index (χ0) is 16.9. The number of hydrogen-bond acceptors (Lipinski definition) is 3. The minimum Gasteiger partial charge on any atom is -0.299 e. The van der Waals surface area contributed by atoms with Gasteiger partial charge in [0.1, 0.15) is 11.9 Å². The number of carbonyl (C=O) groups excluding carboxylic acids is 1. The predicted octanol–water partition coefficient (Wildman–Crippen LogP) is 3.56. The zero-order valence-corrected chi connectivity index (χ0v) is 14.1. The Bertz CT molecular complexity index is 846. The van der Waals surface area contributed by atoms with Gasteiger partial charge < -0.3 is 0 Å². The van der Waals surface area contributed by atoms with E-state index >= 15 is 0 Å². The van der Waals surface area contributed by atoms with E-state index in [1.54, 1.807) is 0 Å². The number of para-hydroxylation sites is 1. The molecular weight excluding hydrogens is 298 g/mol. The highest BCUT2D eigenvalue weighted by Gasteiger charge is 2.50. The SMILES string of the molecule is C[C@@H]1C(=O)CC[C@]2(C)c3nc(C#N)n(-c4ccccc4)c3CC[C@@H]12. The van der Waals surface area contributed by atoms with Crippen molar-refractivity contribution in [3.05, 3.63) is 47.5 Å². The fraction of sp³-hybridized carbons (Fsp3) is 0.450. The summed E-state index contributed by atoms with van der Waals surface area (Å²) in [4.78, 5) is 16.9. The lowest BCUT2D eigenvalue weighted by Crippen LogP contribution is -2.47. The molecule has 2 aliphatic rings. The van der Waals surface area contributed by atoms with Crippen molar-refractivity contribution in [3.63, 3.8) is 0 Å². The second-order valence-electron chi connectivity index (χ2n) is 7.33. The third kappa shape index (κ3) is 1.97. The molecule has 0 N–H and O–H groups in total. The van der Waals surface area contributed by atoms with Gasteiger partial charge in [0.25, 0.3) is 0 Å². The molecule has 2 aromatic rings. The summed E-state index contributed by atoms with van der Waals surface area (Å²) in [6.45, 7) is 4.30. The van der Waals surface area contributed by atoms with E-state index in [4.69, 9.17) is 4.98 Å². The lowest BCUT2D eigenvalue weighted by Gasteiger charge is -2.46. The lowest BCUT2D eigenvalue weighted by atomic mass is 9.57. The van der Waals surface area contributed by atoms with Crippen LogP contribution in [0.5, 0.6) is 0 Å². The monoisotopic (exact) mass is 319 g/mol. The molecule has 0 bridgehead atoms. The molecule has 2 aliphatic carbocycles. The van der Waals surface area contributed by atoms with Gasteiger partial charge in [0.15, 0.2) is 0 Å². The van der Waals surface area contributed by atoms with Gasteiger partial charge in [-0.25, -0.2) is 4.98 Å². The Morgan fingerprint density at radius 2 is 2.04 bits per heavy atom. The summed E-state index contributed by atoms with van der Waals surface area (Å²) in [5.41, 5.74) is 3.08. The number of aromatic nitrogens is 2. The normalized spacial score (nSPS) is 28.8. The van der Waals surface area contributed by atoms with Crippen molar-refractivity contribution in [3.8, 4) is 11.8 Å². The summed E-state index contributed by atoms with van der Waals surface area (Å²) < 4.78 is 2.01. The third-order valence-corrected chi connectivity index (χ3v) is 6.14. The quantitative estimate of drug-likeness (QED) is 0.807. The highest BCUT2D eigenvalue weighted by atomic mass is 16.1. The molecule has 0 amide bonds. The van der Waals surface area contributed by atoms with Crippen LogP contribution in [-0.2, 0) is 16.6 Å². The van der Waals surface area contributed by atoms with Gasteiger partial charge in [-0.05, 0) is 37.3 Å². The maximum absolute atomic E-state index is 12.2. The second-order valence-corrected chi connectivity index (χ2v) is 7.33. The molecule has 4 nitrogen and oxygen atoms in total. The smallest absolute Gasteiger partial charge is 0.217 e. The molecular formula is C20H21N3O. The number of nitriles is 1. The van der Waals surface area contributed by atoms with Gasteiger partial charge >= 0.3 is 0 Å². The summed E-state index contributed by atoms with van der Waals surface area (Å²) in [5, 5.41) is 9.62. The molecule has 4 rings (SSSR count). The number of ketones is 1. The molecule has 0 unspecified atom stereocenters. The van der Waals surface area contributed by atoms with Crippen molar-refractivity contribution in [1.82, 2.24) is 9.55 Å². The Kier molecular flexibility index (Phi) is 3.35. The first-order valence-electron chi connectivity index (χ1n) is 8.66. The average Bonchev–Trinajstić information content (AvgIpc) is 2.99. The lowest BCUT2D eigenvalue weighted by molar-refractivity contribution is -0.128. The number of imidazole rings is 1. The first-order valence-corrected chi connectivity index (χ1v) is 8.66. The summed E-state index contributed by atoms with van der Waals surface area (Å²) in [6, 6.07) is 12.2. The Morgan fingerprint density at radius 3 is 2.75 bits per heavy atom. The Hall–Kier alpha value is -2.41. The van der Waals surface area contributed by atoms with Crippen molar-refractivity contribution >= 4 is 5.78 Å². The standard InChI is InChI=1S/C20H21N3O/c1-13-15-8-9-16-19(20(15,2)11-10-17(13)24)22-18(12-21)23(16)14-6-4-3-5-7-14/h3-7,13,15H,8-11H2,1-2H3/t13-,15-,20-/m0/s1. The summed E-state index contributed by atoms with van der Waals surface area (Å²) >= 11 is 0. The summed E-state index contributed by atoms with van der Waals surface area (Å²) in [6.07, 6.45) is 3.31. The molecule has 1 aromatic heterocycles. The summed E-state index contributed by atoms with van der Waals surface area (Å²) in [7, 11) is 0. The van der Waals surface area contributed by atoms with Crippen LogP contribution in [0.4, 0.5) is 0 Å². The van der Waals surface area contributed by atoms with Gasteiger partial charge in [0.2, 0.25) is 5.82 Å². The van der Waals surface area contributed by atoms with Crippen LogP contribution in [0.1, 0.15) is 50.3 Å². The van der Waals surface area contributed by atoms with Crippen LogP contribution < -0.4 is 0 Å². The molecule has 0 aliphatic heterocycles. The van der Waals surface area contributed by atoms with Crippen LogP contribution in [0.25, 0.3) is 5.69 Å². The van der Waals surface area contributed by atoms with Gasteiger partial charge in [0, 0.05) is 29.1 Å². The minimum atomic E-state index is -0.105. The maximum Gasteiger partial charge on any atom is 0.217 e. The highest BCUT2D eigenvalue weighted by molar-refractivity contribution is 5.82. The van der Waals surface area contributed by atoms with Crippen LogP contribution in [0.15, 0.2) is 30.3 Å². The minimum absolute atomic E-state index is 0.0873. The molecule has 3 atom stereocenters. The topological polar surface area (TPSA) is 58.7 Å². The predicted molar refractivity (Wildman–Crippen MR) is 90.8 cm³/mol. The van der Waals surface area contributed by atoms with Crippen LogP contribution >= 0.6 is 0 Å². The number of rotatable bonds is 1. The second kappa shape index (κ2) is 5.31. The zero-order valence-electron chi connectivity index (χ0n) is 14.1. The number of fused-ring (bicyclic) bond motifs is 3. The first-order chi connectivity index (χ1) is 11.6. The molecule has 0 spiro atoms. The molecule has 0 saturated heterocycles. The van der Waals surface area contributed by atoms with Crippen molar-refractivity contribution in [2.45, 2.75) is 44.9 Å². The molecule has 0 radical (unpaired) electrons. The molecule has 4 heteroatoms. The van der Waals surface area contributed by atoms with E-state index in [0.717, 1.165) is 36.3 Å². The van der Waals surface area contributed by atoms with Crippen molar-refractivity contribution in [2.24, 2.45) is 11.8 Å². The van der Waals surface area contributed by atoms with Gasteiger partial charge in [-0.1, -0.05) is 32.0 Å². The largest absolute Gasteiger partial charge is 0.299 e. The van der Waals surface area contributed by atoms with Crippen LogP contribution in [-0.4, -0.2) is 15.3 Å². The van der Waals surface area contributed by atoms with Crippen molar-refractivity contribution in [2.75, 3.05) is 0 Å². The van der Waals surface area contributed by atoms with Gasteiger partial charge in [0.05, 0.1) is 5.69 Å². The molecule has 1 heterocycles. The Morgan fingerprint density at radius 1 is 1.29 bits per heavy atom. The van der Waals surface area contributed by atoms with E-state index in [9.17, 15) is 10.1 Å². The number of nitrogens with zero attached hydrogens (tertiary/aromatic N) is 3. The van der Waals surface area contributed by atoms with Crippen LogP contribution in [0.2, 0.25) is 0 Å². The molecule has 1 aromatic carbocycles. The highest BCUT2D eigenvalue weighted by Crippen LogP contribution is 2.51. The van der Waals surface area contributed by atoms with Crippen LogP contribution in [0.3, 0.4) is 0 Å². The van der Waals surface area contributed by atoms with E-state index in [2.05, 4.69) is 19.9 Å². The van der Waals surface area contributed by atoms with E-state index < -0.39 is 0 Å². The third-order valence-electron chi connectivity index (χ3n) is 6.14. The fourth-order valence-electron chi connectivity index (χ4n) is 4.80. The van der Waals surface area contributed by atoms with Crippen LogP contribution in [0, 0.1) is 23.2 Å². The van der Waals surface area contributed by atoms with E-state index in [-0.39, 0.29) is 11.3 Å². The van der Waals surface area contributed by atoms with E-state index in [0.29, 0.717) is 23.9 Å². The van der Waals surface area contributed by atoms with Gasteiger partial charge in [-0.3, -0.25) is 9.36 Å². The van der Waals surface area contributed by atoms with Gasteiger partial charge in [-0.2, -0.15) is 5.26 Å². The van der Waals surface area contributed by atoms with E-state index in [1.165, 1.54) is 0 Å². The maximum atomic E-state index is 12.2. The number of Topliss-reactive ketones (excluding diaryl/α,β-unsaturated/α-hetero) is 1. The molecule has 1 saturated carbocycles. The summed E-state index contributed by atoms with van der Waals surface area (Å²) in [5.74, 6) is 1.25. The number of carbonyl (C=O) groups is 1. The average molecular weight is 319 g/mol. The number of hydrogen-bond donors (Lipinski definition) is 0. The van der Waals surface area contributed by atoms with Gasteiger partial charge in [-0.15, -0.1) is 0 Å².